The highest BCUT2D eigenvalue weighted by atomic mass is 33.1. The van der Waals surface area contributed by atoms with Crippen LogP contribution in [-0.4, -0.2) is 29.2 Å². The highest BCUT2D eigenvalue weighted by Crippen LogP contribution is 2.28. The van der Waals surface area contributed by atoms with Crippen molar-refractivity contribution in [3.05, 3.63) is 24.4 Å². The highest BCUT2D eigenvalue weighted by molar-refractivity contribution is 8.76. The summed E-state index contributed by atoms with van der Waals surface area (Å²) < 4.78 is 0. The number of carbonyl (C=O) groups is 3. The number of hydrogen-bond donors (Lipinski definition) is 1. The first-order chi connectivity index (χ1) is 8.20. The number of pyridine rings is 1. The van der Waals surface area contributed by atoms with Crippen LogP contribution in [0, 0.1) is 0 Å². The van der Waals surface area contributed by atoms with E-state index in [1.165, 1.54) is 0 Å². The summed E-state index contributed by atoms with van der Waals surface area (Å²) in [4.78, 5) is 32.1. The lowest BCUT2D eigenvalue weighted by Crippen LogP contribution is -2.10. The number of aromatic nitrogens is 1. The number of rotatable bonds is 6. The lowest BCUT2D eigenvalue weighted by atomic mass is 10.5. The smallest absolute Gasteiger partial charge is 0.218 e. The molecule has 1 amide bonds. The van der Waals surface area contributed by atoms with E-state index >= 15 is 0 Å². The Balaban J connectivity index is 0.000000557. The molecule has 0 aliphatic heterocycles. The van der Waals surface area contributed by atoms with Crippen molar-refractivity contribution < 1.29 is 14.4 Å². The lowest BCUT2D eigenvalue weighted by Gasteiger charge is -1.97. The molecule has 0 aromatic carbocycles. The summed E-state index contributed by atoms with van der Waals surface area (Å²) in [7, 11) is 3.15. The predicted molar refractivity (Wildman–Crippen MR) is 68.5 cm³/mol. The standard InChI is InChI=1S/C8H10N2OS2.C2H2O2/c9-7(11)4-6-12-13-8-3-1-2-5-10-8;3-1-2-4/h1-3,5H,4,6H2,(H2,9,11);1-2H. The number of amides is 1. The van der Waals surface area contributed by atoms with E-state index in [1.807, 2.05) is 18.2 Å². The van der Waals surface area contributed by atoms with E-state index in [0.29, 0.717) is 6.42 Å². The molecule has 1 rings (SSSR count). The normalized spacial score (nSPS) is 8.71. The molecule has 0 bridgehead atoms. The fraction of sp³-hybridized carbons (Fsp3) is 0.200. The molecule has 0 saturated heterocycles. The molecule has 1 aromatic heterocycles. The van der Waals surface area contributed by atoms with Crippen molar-refractivity contribution in [2.45, 2.75) is 11.4 Å². The van der Waals surface area contributed by atoms with E-state index < -0.39 is 0 Å². The second-order valence-electron chi connectivity index (χ2n) is 2.56. The molecule has 7 heteroatoms. The molecular weight excluding hydrogens is 260 g/mol. The maximum absolute atomic E-state index is 10.4. The van der Waals surface area contributed by atoms with Crippen LogP contribution in [0.5, 0.6) is 0 Å². The third-order valence-electron chi connectivity index (χ3n) is 1.27. The molecule has 0 spiro atoms. The van der Waals surface area contributed by atoms with Crippen molar-refractivity contribution in [1.29, 1.82) is 0 Å². The van der Waals surface area contributed by atoms with Crippen LogP contribution in [0.25, 0.3) is 0 Å². The van der Waals surface area contributed by atoms with Crippen LogP contribution >= 0.6 is 21.6 Å². The zero-order chi connectivity index (χ0) is 12.9. The number of nitrogens with two attached hydrogens (primary N) is 1. The van der Waals surface area contributed by atoms with Crippen LogP contribution in [0.2, 0.25) is 0 Å². The van der Waals surface area contributed by atoms with Crippen molar-refractivity contribution in [3.63, 3.8) is 0 Å². The molecule has 0 unspecified atom stereocenters. The Labute approximate surface area is 107 Å². The zero-order valence-corrected chi connectivity index (χ0v) is 10.6. The van der Waals surface area contributed by atoms with Crippen molar-refractivity contribution in [2.75, 3.05) is 5.75 Å². The topological polar surface area (TPSA) is 90.1 Å². The van der Waals surface area contributed by atoms with Crippen molar-refractivity contribution in [1.82, 2.24) is 4.98 Å². The van der Waals surface area contributed by atoms with Gasteiger partial charge in [-0.25, -0.2) is 4.98 Å². The summed E-state index contributed by atoms with van der Waals surface area (Å²) in [5, 5.41) is 0.956. The Morgan fingerprint density at radius 3 is 2.53 bits per heavy atom. The average molecular weight is 272 g/mol. The van der Waals surface area contributed by atoms with Crippen LogP contribution in [0.1, 0.15) is 6.42 Å². The third kappa shape index (κ3) is 10.9. The van der Waals surface area contributed by atoms with Gasteiger partial charge in [0.25, 0.3) is 0 Å². The van der Waals surface area contributed by atoms with Gasteiger partial charge in [-0.1, -0.05) is 16.9 Å². The monoisotopic (exact) mass is 272 g/mol. The second kappa shape index (κ2) is 11.2. The van der Waals surface area contributed by atoms with Crippen molar-refractivity contribution >= 4 is 40.1 Å². The predicted octanol–water partition coefficient (Wildman–Crippen LogP) is 1.08. The van der Waals surface area contributed by atoms with Gasteiger partial charge in [-0.15, -0.1) is 0 Å². The molecule has 0 fully saturated rings. The van der Waals surface area contributed by atoms with Gasteiger partial charge in [0.1, 0.15) is 5.03 Å². The first-order valence-corrected chi connectivity index (χ1v) is 6.90. The molecule has 0 saturated carbocycles. The van der Waals surface area contributed by atoms with E-state index in [0.717, 1.165) is 10.8 Å². The third-order valence-corrected chi connectivity index (χ3v) is 3.54. The van der Waals surface area contributed by atoms with Crippen LogP contribution in [0.15, 0.2) is 29.4 Å². The minimum Gasteiger partial charge on any atom is -0.370 e. The fourth-order valence-electron chi connectivity index (χ4n) is 0.641. The molecule has 1 aromatic rings. The summed E-state index contributed by atoms with van der Waals surface area (Å²) >= 11 is 0. The molecule has 0 atom stereocenters. The SMILES string of the molecule is NC(=O)CCSSc1ccccn1.O=CC=O. The zero-order valence-electron chi connectivity index (χ0n) is 8.94. The Kier molecular flexibility index (Phi) is 10.3. The van der Waals surface area contributed by atoms with Gasteiger partial charge < -0.3 is 5.73 Å². The van der Waals surface area contributed by atoms with Crippen molar-refractivity contribution in [2.24, 2.45) is 5.73 Å². The Bertz CT molecular complexity index is 341. The molecular formula is C10H12N2O3S2. The largest absolute Gasteiger partial charge is 0.370 e. The summed E-state index contributed by atoms with van der Waals surface area (Å²) in [6, 6.07) is 5.74. The van der Waals surface area contributed by atoms with Gasteiger partial charge in [-0.3, -0.25) is 14.4 Å². The average Bonchev–Trinajstić information content (AvgIpc) is 2.36. The Morgan fingerprint density at radius 2 is 2.06 bits per heavy atom. The van der Waals surface area contributed by atoms with Gasteiger partial charge in [0.2, 0.25) is 5.91 Å². The summed E-state index contributed by atoms with van der Waals surface area (Å²) in [5.74, 6) is 0.477. The van der Waals surface area contributed by atoms with Crippen LogP contribution < -0.4 is 5.73 Å². The van der Waals surface area contributed by atoms with E-state index in [-0.39, 0.29) is 18.5 Å². The second-order valence-corrected chi connectivity index (χ2v) is 5.00. The molecule has 2 N–H and O–H groups in total. The van der Waals surface area contributed by atoms with Gasteiger partial charge in [0, 0.05) is 18.4 Å². The number of nitrogens with zero attached hydrogens (tertiary/aromatic N) is 1. The van der Waals surface area contributed by atoms with Gasteiger partial charge >= 0.3 is 0 Å². The molecule has 0 aliphatic carbocycles. The Morgan fingerprint density at radius 1 is 1.35 bits per heavy atom. The fourth-order valence-corrected chi connectivity index (χ4v) is 2.53. The maximum atomic E-state index is 10.4. The minimum atomic E-state index is -0.255. The Hall–Kier alpha value is -1.34. The van der Waals surface area contributed by atoms with Gasteiger partial charge in [0.15, 0.2) is 12.6 Å². The van der Waals surface area contributed by atoms with Crippen LogP contribution in [0.4, 0.5) is 0 Å². The van der Waals surface area contributed by atoms with E-state index in [9.17, 15) is 4.79 Å². The number of primary amides is 1. The number of aldehydes is 2. The van der Waals surface area contributed by atoms with Crippen molar-refractivity contribution in [3.8, 4) is 0 Å². The summed E-state index contributed by atoms with van der Waals surface area (Å²) in [5.41, 5.74) is 4.99. The van der Waals surface area contributed by atoms with Gasteiger partial charge in [0.05, 0.1) is 0 Å². The first kappa shape index (κ1) is 15.7. The molecule has 0 aliphatic rings. The molecule has 92 valence electrons. The molecule has 17 heavy (non-hydrogen) atoms. The summed E-state index contributed by atoms with van der Waals surface area (Å²) in [6.07, 6.45) is 2.56. The number of carbonyl (C=O) groups excluding carboxylic acids is 3. The molecule has 1 heterocycles. The van der Waals surface area contributed by atoms with E-state index in [4.69, 9.17) is 15.3 Å². The van der Waals surface area contributed by atoms with Crippen LogP contribution in [-0.2, 0) is 14.4 Å². The number of hydrogen-bond acceptors (Lipinski definition) is 6. The lowest BCUT2D eigenvalue weighted by molar-refractivity contribution is -0.122. The van der Waals surface area contributed by atoms with E-state index in [2.05, 4.69) is 4.98 Å². The van der Waals surface area contributed by atoms with Gasteiger partial charge in [-0.05, 0) is 22.9 Å². The highest BCUT2D eigenvalue weighted by Gasteiger charge is 1.97. The van der Waals surface area contributed by atoms with Gasteiger partial charge in [-0.2, -0.15) is 0 Å². The quantitative estimate of drug-likeness (QED) is 0.361. The first-order valence-electron chi connectivity index (χ1n) is 4.58. The van der Waals surface area contributed by atoms with E-state index in [1.54, 1.807) is 27.8 Å². The minimum absolute atomic E-state index is 0.194. The van der Waals surface area contributed by atoms with Crippen LogP contribution in [0.3, 0.4) is 0 Å². The maximum Gasteiger partial charge on any atom is 0.218 e. The summed E-state index contributed by atoms with van der Waals surface area (Å²) in [6.45, 7) is 0. The molecule has 0 radical (unpaired) electrons. The molecule has 5 nitrogen and oxygen atoms in total.